The Hall–Kier alpha value is -1.55. The quantitative estimate of drug-likeness (QED) is 0.735. The van der Waals surface area contributed by atoms with Crippen LogP contribution in [0.4, 0.5) is 0 Å². The fraction of sp³-hybridized carbons (Fsp3) is 0.200. The summed E-state index contributed by atoms with van der Waals surface area (Å²) in [6.45, 7) is 0.0446. The van der Waals surface area contributed by atoms with Crippen LogP contribution in [0.2, 0.25) is 5.02 Å². The predicted octanol–water partition coefficient (Wildman–Crippen LogP) is 0.627. The lowest BCUT2D eigenvalue weighted by molar-refractivity contribution is -0.133. The number of rotatable bonds is 1. The van der Waals surface area contributed by atoms with E-state index in [0.717, 1.165) is 5.56 Å². The molecule has 1 aliphatic rings. The van der Waals surface area contributed by atoms with Crippen molar-refractivity contribution >= 4 is 23.4 Å². The zero-order valence-electron chi connectivity index (χ0n) is 7.79. The van der Waals surface area contributed by atoms with Crippen molar-refractivity contribution in [3.63, 3.8) is 0 Å². The van der Waals surface area contributed by atoms with Crippen LogP contribution in [0.5, 0.6) is 0 Å². The molecule has 0 spiro atoms. The summed E-state index contributed by atoms with van der Waals surface area (Å²) in [6, 6.07) is 6.20. The first kappa shape index (κ1) is 9.98. The monoisotopic (exact) mass is 224 g/mol. The van der Waals surface area contributed by atoms with Crippen molar-refractivity contribution in [2.75, 3.05) is 6.54 Å². The molecule has 1 aromatic carbocycles. The minimum atomic E-state index is -0.608. The lowest BCUT2D eigenvalue weighted by Crippen LogP contribution is -2.50. The molecule has 15 heavy (non-hydrogen) atoms. The summed E-state index contributed by atoms with van der Waals surface area (Å²) in [5, 5.41) is 5.72. The van der Waals surface area contributed by atoms with E-state index in [1.54, 1.807) is 24.3 Å². The lowest BCUT2D eigenvalue weighted by atomic mass is 10.0. The second-order valence-corrected chi connectivity index (χ2v) is 3.71. The first-order chi connectivity index (χ1) is 7.16. The van der Waals surface area contributed by atoms with Crippen LogP contribution >= 0.6 is 11.6 Å². The number of halogens is 1. The van der Waals surface area contributed by atoms with Gasteiger partial charge in [-0.25, -0.2) is 0 Å². The molecule has 0 saturated carbocycles. The minimum absolute atomic E-state index is 0.0446. The van der Waals surface area contributed by atoms with Crippen LogP contribution < -0.4 is 10.6 Å². The molecule has 1 unspecified atom stereocenters. The van der Waals surface area contributed by atoms with E-state index < -0.39 is 6.04 Å². The third-order valence-corrected chi connectivity index (χ3v) is 2.45. The van der Waals surface area contributed by atoms with Crippen molar-refractivity contribution in [3.05, 3.63) is 34.9 Å². The molecule has 0 aromatic heterocycles. The number of carbonyl (C=O) groups is 2. The molecule has 0 aliphatic carbocycles. The Morgan fingerprint density at radius 3 is 2.53 bits per heavy atom. The van der Waals surface area contributed by atoms with Crippen molar-refractivity contribution in [2.24, 2.45) is 0 Å². The number of amides is 2. The molecule has 0 radical (unpaired) electrons. The van der Waals surface area contributed by atoms with Gasteiger partial charge in [-0.15, -0.1) is 0 Å². The second kappa shape index (κ2) is 3.90. The standard InChI is InChI=1S/C10H9ClN2O2/c11-7-3-1-6(2-4-7)9-10(15)12-5-8(14)13-9/h1-4,9H,5H2,(H,12,15)(H,13,14). The molecule has 1 fully saturated rings. The number of piperazine rings is 1. The van der Waals surface area contributed by atoms with Gasteiger partial charge in [-0.2, -0.15) is 0 Å². The maximum absolute atomic E-state index is 11.5. The molecule has 1 heterocycles. The normalized spacial score (nSPS) is 20.7. The molecule has 2 rings (SSSR count). The third kappa shape index (κ3) is 2.10. The van der Waals surface area contributed by atoms with E-state index in [0.29, 0.717) is 5.02 Å². The van der Waals surface area contributed by atoms with Gasteiger partial charge in [0.15, 0.2) is 0 Å². The Balaban J connectivity index is 2.25. The number of hydrogen-bond acceptors (Lipinski definition) is 2. The maximum Gasteiger partial charge on any atom is 0.247 e. The fourth-order valence-electron chi connectivity index (χ4n) is 1.44. The Labute approximate surface area is 91.6 Å². The van der Waals surface area contributed by atoms with Crippen LogP contribution in [0.15, 0.2) is 24.3 Å². The highest BCUT2D eigenvalue weighted by Gasteiger charge is 2.26. The van der Waals surface area contributed by atoms with Crippen LogP contribution in [-0.2, 0) is 9.59 Å². The van der Waals surface area contributed by atoms with Crippen molar-refractivity contribution < 1.29 is 9.59 Å². The van der Waals surface area contributed by atoms with Gasteiger partial charge < -0.3 is 10.6 Å². The van der Waals surface area contributed by atoms with E-state index in [2.05, 4.69) is 10.6 Å². The van der Waals surface area contributed by atoms with Gasteiger partial charge in [0.05, 0.1) is 6.54 Å². The van der Waals surface area contributed by atoms with E-state index in [-0.39, 0.29) is 18.4 Å². The van der Waals surface area contributed by atoms with Gasteiger partial charge in [0.1, 0.15) is 6.04 Å². The van der Waals surface area contributed by atoms with Crippen LogP contribution in [0.25, 0.3) is 0 Å². The van der Waals surface area contributed by atoms with E-state index in [1.807, 2.05) is 0 Å². The number of nitrogens with one attached hydrogen (secondary N) is 2. The summed E-state index contributed by atoms with van der Waals surface area (Å²) in [4.78, 5) is 22.6. The first-order valence-electron chi connectivity index (χ1n) is 4.49. The van der Waals surface area contributed by atoms with Crippen LogP contribution in [0.1, 0.15) is 11.6 Å². The molecule has 4 nitrogen and oxygen atoms in total. The zero-order chi connectivity index (χ0) is 10.8. The van der Waals surface area contributed by atoms with Crippen molar-refractivity contribution in [1.29, 1.82) is 0 Å². The predicted molar refractivity (Wildman–Crippen MR) is 55.3 cm³/mol. The van der Waals surface area contributed by atoms with Gasteiger partial charge in [-0.05, 0) is 17.7 Å². The molecule has 1 aromatic rings. The summed E-state index contributed by atoms with van der Waals surface area (Å²) >= 11 is 5.73. The summed E-state index contributed by atoms with van der Waals surface area (Å²) < 4.78 is 0. The van der Waals surface area contributed by atoms with Gasteiger partial charge in [0.25, 0.3) is 0 Å². The van der Waals surface area contributed by atoms with Crippen LogP contribution in [0, 0.1) is 0 Å². The van der Waals surface area contributed by atoms with Crippen molar-refractivity contribution in [1.82, 2.24) is 10.6 Å². The Morgan fingerprint density at radius 1 is 1.20 bits per heavy atom. The van der Waals surface area contributed by atoms with E-state index >= 15 is 0 Å². The van der Waals surface area contributed by atoms with Gasteiger partial charge >= 0.3 is 0 Å². The summed E-state index contributed by atoms with van der Waals surface area (Å²) in [5.74, 6) is -0.383. The molecule has 0 bridgehead atoms. The first-order valence-corrected chi connectivity index (χ1v) is 4.87. The van der Waals surface area contributed by atoms with E-state index in [4.69, 9.17) is 11.6 Å². The number of hydrogen-bond donors (Lipinski definition) is 2. The Kier molecular flexibility index (Phi) is 2.60. The largest absolute Gasteiger partial charge is 0.345 e. The second-order valence-electron chi connectivity index (χ2n) is 3.27. The minimum Gasteiger partial charge on any atom is -0.345 e. The van der Waals surface area contributed by atoms with Gasteiger partial charge in [0.2, 0.25) is 11.8 Å². The summed E-state index contributed by atoms with van der Waals surface area (Å²) in [7, 11) is 0. The fourth-order valence-corrected chi connectivity index (χ4v) is 1.56. The van der Waals surface area contributed by atoms with Crippen LogP contribution in [-0.4, -0.2) is 18.4 Å². The molecule has 78 valence electrons. The summed E-state index contributed by atoms with van der Waals surface area (Å²) in [6.07, 6.45) is 0. The summed E-state index contributed by atoms with van der Waals surface area (Å²) in [5.41, 5.74) is 0.727. The smallest absolute Gasteiger partial charge is 0.247 e. The molecule has 1 aliphatic heterocycles. The highest BCUT2D eigenvalue weighted by atomic mass is 35.5. The lowest BCUT2D eigenvalue weighted by Gasteiger charge is -2.23. The zero-order valence-corrected chi connectivity index (χ0v) is 8.54. The van der Waals surface area contributed by atoms with Gasteiger partial charge in [0, 0.05) is 5.02 Å². The molecular weight excluding hydrogens is 216 g/mol. The maximum atomic E-state index is 11.5. The SMILES string of the molecule is O=C1CNC(=O)C(c2ccc(Cl)cc2)N1. The Bertz CT molecular complexity index is 402. The topological polar surface area (TPSA) is 58.2 Å². The molecule has 2 N–H and O–H groups in total. The van der Waals surface area contributed by atoms with Gasteiger partial charge in [-0.3, -0.25) is 9.59 Å². The molecule has 1 atom stereocenters. The molecule has 1 saturated heterocycles. The Morgan fingerprint density at radius 2 is 1.87 bits per heavy atom. The number of carbonyl (C=O) groups excluding carboxylic acids is 2. The van der Waals surface area contributed by atoms with Crippen molar-refractivity contribution in [3.8, 4) is 0 Å². The molecule has 5 heteroatoms. The highest BCUT2D eigenvalue weighted by Crippen LogP contribution is 2.17. The average Bonchev–Trinajstić information content (AvgIpc) is 2.23. The highest BCUT2D eigenvalue weighted by molar-refractivity contribution is 6.30. The molecule has 2 amide bonds. The van der Waals surface area contributed by atoms with E-state index in [1.165, 1.54) is 0 Å². The molecular formula is C10H9ClN2O2. The average molecular weight is 225 g/mol. The van der Waals surface area contributed by atoms with Gasteiger partial charge in [-0.1, -0.05) is 23.7 Å². The van der Waals surface area contributed by atoms with Crippen LogP contribution in [0.3, 0.4) is 0 Å². The number of benzene rings is 1. The van der Waals surface area contributed by atoms with Crippen molar-refractivity contribution in [2.45, 2.75) is 6.04 Å². The third-order valence-electron chi connectivity index (χ3n) is 2.19. The van der Waals surface area contributed by atoms with E-state index in [9.17, 15) is 9.59 Å².